The van der Waals surface area contributed by atoms with E-state index in [9.17, 15) is 8.78 Å². The van der Waals surface area contributed by atoms with Crippen molar-refractivity contribution in [3.05, 3.63) is 42.4 Å². The fourth-order valence-corrected chi connectivity index (χ4v) is 2.98. The fourth-order valence-electron chi connectivity index (χ4n) is 2.98. The molecule has 4 rings (SSSR count). The average Bonchev–Trinajstić information content (AvgIpc) is 3.29. The molecule has 3 heterocycles. The lowest BCUT2D eigenvalue weighted by atomic mass is 10.0. The fraction of sp³-hybridized carbons (Fsp3) is 0.278. The Hall–Kier alpha value is -3.63. The number of aryl methyl sites for hydroxylation is 1. The third kappa shape index (κ3) is 3.58. The summed E-state index contributed by atoms with van der Waals surface area (Å²) in [4.78, 5) is 12.8. The van der Waals surface area contributed by atoms with E-state index in [0.717, 1.165) is 16.5 Å². The molecule has 3 N–H and O–H groups in total. The van der Waals surface area contributed by atoms with E-state index in [-0.39, 0.29) is 11.9 Å². The van der Waals surface area contributed by atoms with E-state index in [1.54, 1.807) is 24.7 Å². The maximum absolute atomic E-state index is 12.8. The molecule has 0 bridgehead atoms. The number of hydrogen-bond acceptors (Lipinski definition) is 7. The van der Waals surface area contributed by atoms with Crippen LogP contribution in [0.15, 0.2) is 36.7 Å². The molecule has 0 spiro atoms. The van der Waals surface area contributed by atoms with Gasteiger partial charge in [-0.15, -0.1) is 0 Å². The van der Waals surface area contributed by atoms with E-state index >= 15 is 0 Å². The highest BCUT2D eigenvalue weighted by Crippen LogP contribution is 2.26. The monoisotopic (exact) mass is 399 g/mol. The number of aromatic nitrogens is 7. The third-order valence-electron chi connectivity index (χ3n) is 4.53. The molecule has 3 aromatic heterocycles. The maximum Gasteiger partial charge on any atom is 0.333 e. The van der Waals surface area contributed by atoms with Crippen molar-refractivity contribution >= 4 is 22.8 Å². The van der Waals surface area contributed by atoms with E-state index in [2.05, 4.69) is 30.5 Å². The Morgan fingerprint density at radius 3 is 2.66 bits per heavy atom. The lowest BCUT2D eigenvalue weighted by Gasteiger charge is -2.24. The molecule has 0 saturated carbocycles. The zero-order chi connectivity index (χ0) is 20.8. The number of alkyl halides is 2. The number of nitrogens with one attached hydrogen (secondary N) is 1. The van der Waals surface area contributed by atoms with Crippen molar-refractivity contribution in [3.8, 4) is 11.4 Å². The summed E-state index contributed by atoms with van der Waals surface area (Å²) in [7, 11) is 1.85. The minimum atomic E-state index is -2.71. The van der Waals surface area contributed by atoms with Crippen LogP contribution in [0.3, 0.4) is 0 Å². The first-order valence-corrected chi connectivity index (χ1v) is 8.78. The number of nitrogens with zero attached hydrogens (tertiary/aromatic N) is 7. The zero-order valence-corrected chi connectivity index (χ0v) is 16.0. The SMILES string of the molecule is Cn1ncc2ccc(-c3nc(N)nc(NC(C)(C)c4ccn(C(F)F)n4)n3)cc21. The standard InChI is InChI=1S/C18H19F2N9/c1-18(2,13-6-7-29(27-13)15(19)20)26-17-24-14(23-16(21)25-17)10-4-5-11-9-22-28(3)12(11)8-10/h4-9,15H,1-3H3,(H3,21,23,24,25,26). The van der Waals surface area contributed by atoms with Crippen molar-refractivity contribution in [1.82, 2.24) is 34.5 Å². The van der Waals surface area contributed by atoms with Gasteiger partial charge in [-0.1, -0.05) is 12.1 Å². The van der Waals surface area contributed by atoms with Crippen LogP contribution in [0.4, 0.5) is 20.7 Å². The van der Waals surface area contributed by atoms with E-state index in [4.69, 9.17) is 5.73 Å². The highest BCUT2D eigenvalue weighted by molar-refractivity contribution is 5.83. The van der Waals surface area contributed by atoms with E-state index in [1.165, 1.54) is 12.3 Å². The zero-order valence-electron chi connectivity index (χ0n) is 16.0. The second kappa shape index (κ2) is 6.76. The number of hydrogen-bond donors (Lipinski definition) is 2. The van der Waals surface area contributed by atoms with Gasteiger partial charge in [0.1, 0.15) is 0 Å². The van der Waals surface area contributed by atoms with Crippen LogP contribution in [0.5, 0.6) is 0 Å². The summed E-state index contributed by atoms with van der Waals surface area (Å²) in [5.74, 6) is 0.641. The summed E-state index contributed by atoms with van der Waals surface area (Å²) in [5, 5.41) is 12.2. The van der Waals surface area contributed by atoms with Gasteiger partial charge in [0.05, 0.1) is 22.9 Å². The van der Waals surface area contributed by atoms with Gasteiger partial charge < -0.3 is 11.1 Å². The molecule has 1 aromatic carbocycles. The van der Waals surface area contributed by atoms with Gasteiger partial charge in [0, 0.05) is 24.2 Å². The van der Waals surface area contributed by atoms with Crippen LogP contribution in [-0.4, -0.2) is 34.5 Å². The molecule has 0 aliphatic rings. The topological polar surface area (TPSA) is 112 Å². The summed E-state index contributed by atoms with van der Waals surface area (Å²) in [6.45, 7) is 0.861. The maximum atomic E-state index is 12.8. The molecular weight excluding hydrogens is 380 g/mol. The molecular formula is C18H19F2N9. The third-order valence-corrected chi connectivity index (χ3v) is 4.53. The van der Waals surface area contributed by atoms with Crippen molar-refractivity contribution in [1.29, 1.82) is 0 Å². The molecule has 0 amide bonds. The molecule has 0 saturated heterocycles. The van der Waals surface area contributed by atoms with Gasteiger partial charge in [0.15, 0.2) is 5.82 Å². The number of halogens is 2. The number of fused-ring (bicyclic) bond motifs is 1. The highest BCUT2D eigenvalue weighted by atomic mass is 19.3. The Morgan fingerprint density at radius 2 is 1.93 bits per heavy atom. The van der Waals surface area contributed by atoms with Crippen LogP contribution in [0.2, 0.25) is 0 Å². The van der Waals surface area contributed by atoms with Crippen molar-refractivity contribution in [2.45, 2.75) is 25.9 Å². The Morgan fingerprint density at radius 1 is 1.14 bits per heavy atom. The molecule has 29 heavy (non-hydrogen) atoms. The lowest BCUT2D eigenvalue weighted by molar-refractivity contribution is 0.0558. The number of nitrogens with two attached hydrogens (primary N) is 1. The van der Waals surface area contributed by atoms with E-state index in [1.807, 2.05) is 25.2 Å². The van der Waals surface area contributed by atoms with Gasteiger partial charge in [-0.05, 0) is 26.0 Å². The van der Waals surface area contributed by atoms with Gasteiger partial charge in [-0.2, -0.15) is 33.9 Å². The summed E-state index contributed by atoms with van der Waals surface area (Å²) in [6, 6.07) is 7.22. The first kappa shape index (κ1) is 18.7. The number of anilines is 2. The van der Waals surface area contributed by atoms with Gasteiger partial charge in [0.2, 0.25) is 11.9 Å². The predicted octanol–water partition coefficient (Wildman–Crippen LogP) is 2.95. The second-order valence-corrected chi connectivity index (χ2v) is 7.09. The Balaban J connectivity index is 1.67. The molecule has 0 radical (unpaired) electrons. The predicted molar refractivity (Wildman–Crippen MR) is 104 cm³/mol. The minimum absolute atomic E-state index is 0.0384. The highest BCUT2D eigenvalue weighted by Gasteiger charge is 2.26. The molecule has 0 atom stereocenters. The van der Waals surface area contributed by atoms with E-state index < -0.39 is 12.1 Å². The normalized spacial score (nSPS) is 12.1. The Kier molecular flexibility index (Phi) is 4.36. The Labute approximate surface area is 164 Å². The molecule has 150 valence electrons. The number of nitrogen functional groups attached to an aromatic ring is 1. The number of benzene rings is 1. The molecule has 0 unspecified atom stereocenters. The van der Waals surface area contributed by atoms with Crippen LogP contribution < -0.4 is 11.1 Å². The molecule has 0 fully saturated rings. The number of rotatable bonds is 5. The largest absolute Gasteiger partial charge is 0.368 e. The molecule has 9 nitrogen and oxygen atoms in total. The van der Waals surface area contributed by atoms with Crippen molar-refractivity contribution in [3.63, 3.8) is 0 Å². The van der Waals surface area contributed by atoms with Gasteiger partial charge >= 0.3 is 6.55 Å². The first-order valence-electron chi connectivity index (χ1n) is 8.78. The molecule has 11 heteroatoms. The smallest absolute Gasteiger partial charge is 0.333 e. The Bertz CT molecular complexity index is 1180. The minimum Gasteiger partial charge on any atom is -0.368 e. The van der Waals surface area contributed by atoms with Crippen LogP contribution >= 0.6 is 0 Å². The van der Waals surface area contributed by atoms with Crippen LogP contribution in [0.1, 0.15) is 26.1 Å². The van der Waals surface area contributed by atoms with E-state index in [0.29, 0.717) is 16.2 Å². The van der Waals surface area contributed by atoms with Gasteiger partial charge in [0.25, 0.3) is 0 Å². The van der Waals surface area contributed by atoms with Gasteiger partial charge in [-0.3, -0.25) is 4.68 Å². The van der Waals surface area contributed by atoms with Gasteiger partial charge in [-0.25, -0.2) is 4.68 Å². The molecule has 0 aliphatic heterocycles. The molecule has 0 aliphatic carbocycles. The van der Waals surface area contributed by atoms with Crippen LogP contribution in [-0.2, 0) is 12.6 Å². The summed E-state index contributed by atoms with van der Waals surface area (Å²) >= 11 is 0. The molecule has 4 aromatic rings. The van der Waals surface area contributed by atoms with Crippen molar-refractivity contribution in [2.24, 2.45) is 7.05 Å². The first-order chi connectivity index (χ1) is 13.7. The lowest BCUT2D eigenvalue weighted by Crippen LogP contribution is -2.30. The van der Waals surface area contributed by atoms with Crippen LogP contribution in [0, 0.1) is 0 Å². The summed E-state index contributed by atoms with van der Waals surface area (Å²) in [5.41, 5.74) is 7.14. The van der Waals surface area contributed by atoms with Crippen LogP contribution in [0.25, 0.3) is 22.3 Å². The second-order valence-electron chi connectivity index (χ2n) is 7.09. The van der Waals surface area contributed by atoms with Crippen molar-refractivity contribution < 1.29 is 8.78 Å². The quantitative estimate of drug-likeness (QED) is 0.530. The summed E-state index contributed by atoms with van der Waals surface area (Å²) in [6.07, 6.45) is 2.99. The van der Waals surface area contributed by atoms with Crippen molar-refractivity contribution in [2.75, 3.05) is 11.1 Å². The average molecular weight is 399 g/mol. The summed E-state index contributed by atoms with van der Waals surface area (Å²) < 4.78 is 28.0.